The van der Waals surface area contributed by atoms with Gasteiger partial charge in [-0.1, -0.05) is 91.3 Å². The predicted octanol–water partition coefficient (Wildman–Crippen LogP) is 9.17. The molecule has 3 aromatic carbocycles. The summed E-state index contributed by atoms with van der Waals surface area (Å²) in [6.07, 6.45) is 2.81. The van der Waals surface area contributed by atoms with Crippen LogP contribution in [0.4, 0.5) is 5.69 Å². The first-order chi connectivity index (χ1) is 16.4. The molecule has 0 aliphatic carbocycles. The molecule has 0 saturated heterocycles. The standard InChI is InChI=1S/C32H41NO2/c1-10-23(4)32(8,9)26-19-25(31(5,6)7)18-24(29(26)34)20-33-27-16-11-12-17-28(27)35-30-21(2)14-13-15-22(30)3/h11-20,23,34H,10H2,1-9H3. The van der Waals surface area contributed by atoms with Crippen LogP contribution in [0.15, 0.2) is 59.6 Å². The van der Waals surface area contributed by atoms with Crippen LogP contribution < -0.4 is 4.74 Å². The van der Waals surface area contributed by atoms with Crippen molar-refractivity contribution in [2.24, 2.45) is 10.9 Å². The van der Waals surface area contributed by atoms with Crippen LogP contribution in [0.1, 0.15) is 82.7 Å². The average Bonchev–Trinajstić information content (AvgIpc) is 2.80. The summed E-state index contributed by atoms with van der Waals surface area (Å²) in [6, 6.07) is 18.1. The quantitative estimate of drug-likeness (QED) is 0.349. The summed E-state index contributed by atoms with van der Waals surface area (Å²) in [4.78, 5) is 4.79. The molecule has 0 aromatic heterocycles. The lowest BCUT2D eigenvalue weighted by atomic mass is 9.70. The van der Waals surface area contributed by atoms with E-state index in [4.69, 9.17) is 9.73 Å². The fraction of sp³-hybridized carbons (Fsp3) is 0.406. The topological polar surface area (TPSA) is 41.8 Å². The Morgan fingerprint density at radius 3 is 2.17 bits per heavy atom. The normalized spacial score (nSPS) is 13.3. The van der Waals surface area contributed by atoms with Crippen molar-refractivity contribution in [3.63, 3.8) is 0 Å². The highest BCUT2D eigenvalue weighted by Crippen LogP contribution is 2.42. The molecule has 0 heterocycles. The van der Waals surface area contributed by atoms with Crippen molar-refractivity contribution >= 4 is 11.9 Å². The Kier molecular flexibility index (Phi) is 7.79. The van der Waals surface area contributed by atoms with Crippen molar-refractivity contribution in [1.82, 2.24) is 0 Å². The van der Waals surface area contributed by atoms with Crippen molar-refractivity contribution in [2.45, 2.75) is 79.6 Å². The van der Waals surface area contributed by atoms with Crippen molar-refractivity contribution in [1.29, 1.82) is 0 Å². The van der Waals surface area contributed by atoms with Crippen LogP contribution in [0.5, 0.6) is 17.2 Å². The Hall–Kier alpha value is -3.07. The lowest BCUT2D eigenvalue weighted by Gasteiger charge is -2.34. The Morgan fingerprint density at radius 2 is 1.57 bits per heavy atom. The molecular weight excluding hydrogens is 430 g/mol. The molecule has 0 spiro atoms. The van der Waals surface area contributed by atoms with E-state index >= 15 is 0 Å². The highest BCUT2D eigenvalue weighted by molar-refractivity contribution is 5.87. The fourth-order valence-corrected chi connectivity index (χ4v) is 4.31. The second-order valence-corrected chi connectivity index (χ2v) is 11.3. The number of hydrogen-bond acceptors (Lipinski definition) is 3. The van der Waals surface area contributed by atoms with Crippen molar-refractivity contribution < 1.29 is 9.84 Å². The zero-order valence-electron chi connectivity index (χ0n) is 22.9. The number of para-hydroxylation sites is 3. The largest absolute Gasteiger partial charge is 0.507 e. The number of aryl methyl sites for hydroxylation is 2. The molecule has 1 unspecified atom stereocenters. The molecule has 0 saturated carbocycles. The monoisotopic (exact) mass is 471 g/mol. The molecule has 0 aliphatic rings. The number of hydrogen-bond donors (Lipinski definition) is 1. The van der Waals surface area contributed by atoms with Crippen LogP contribution in [0, 0.1) is 19.8 Å². The second-order valence-electron chi connectivity index (χ2n) is 11.3. The third-order valence-electron chi connectivity index (χ3n) is 7.37. The van der Waals surface area contributed by atoms with E-state index in [-0.39, 0.29) is 10.8 Å². The van der Waals surface area contributed by atoms with Crippen LogP contribution in [-0.2, 0) is 10.8 Å². The summed E-state index contributed by atoms with van der Waals surface area (Å²) in [5.41, 5.74) is 5.53. The highest BCUT2D eigenvalue weighted by Gasteiger charge is 2.32. The van der Waals surface area contributed by atoms with Crippen LogP contribution in [0.2, 0.25) is 0 Å². The molecule has 0 aliphatic heterocycles. The van der Waals surface area contributed by atoms with E-state index in [0.717, 1.165) is 40.1 Å². The summed E-state index contributed by atoms with van der Waals surface area (Å²) in [6.45, 7) is 19.6. The van der Waals surface area contributed by atoms with Gasteiger partial charge in [0.05, 0.1) is 0 Å². The molecule has 3 aromatic rings. The SMILES string of the molecule is CCC(C)C(C)(C)c1cc(C(C)(C)C)cc(C=Nc2ccccc2Oc2c(C)cccc2C)c1O. The van der Waals surface area contributed by atoms with Gasteiger partial charge in [-0.2, -0.15) is 0 Å². The Morgan fingerprint density at radius 1 is 0.943 bits per heavy atom. The van der Waals surface area contributed by atoms with E-state index in [1.54, 1.807) is 6.21 Å². The molecule has 3 heteroatoms. The van der Waals surface area contributed by atoms with Crippen molar-refractivity contribution in [2.75, 3.05) is 0 Å². The number of nitrogens with zero attached hydrogens (tertiary/aromatic N) is 1. The van der Waals surface area contributed by atoms with E-state index in [2.05, 4.69) is 60.6 Å². The van der Waals surface area contributed by atoms with Gasteiger partial charge in [0.15, 0.2) is 5.75 Å². The van der Waals surface area contributed by atoms with E-state index in [1.165, 1.54) is 5.56 Å². The number of aromatic hydroxyl groups is 1. The maximum absolute atomic E-state index is 11.4. The summed E-state index contributed by atoms with van der Waals surface area (Å²) in [7, 11) is 0. The second kappa shape index (κ2) is 10.3. The number of rotatable bonds is 7. The first kappa shape index (κ1) is 26.5. The van der Waals surface area contributed by atoms with Gasteiger partial charge in [0.1, 0.15) is 17.2 Å². The van der Waals surface area contributed by atoms with Gasteiger partial charge in [-0.25, -0.2) is 0 Å². The van der Waals surface area contributed by atoms with Gasteiger partial charge >= 0.3 is 0 Å². The molecular formula is C32H41NO2. The van der Waals surface area contributed by atoms with Gasteiger partial charge in [0.25, 0.3) is 0 Å². The molecule has 0 radical (unpaired) electrons. The lowest BCUT2D eigenvalue weighted by Crippen LogP contribution is -2.27. The summed E-state index contributed by atoms with van der Waals surface area (Å²) in [5, 5.41) is 11.4. The Labute approximate surface area is 211 Å². The molecule has 186 valence electrons. The maximum atomic E-state index is 11.4. The van der Waals surface area contributed by atoms with Gasteiger partial charge in [-0.15, -0.1) is 0 Å². The molecule has 0 amide bonds. The van der Waals surface area contributed by atoms with Gasteiger partial charge in [0, 0.05) is 17.3 Å². The number of phenols is 1. The molecule has 1 atom stereocenters. The van der Waals surface area contributed by atoms with E-state index in [9.17, 15) is 5.11 Å². The van der Waals surface area contributed by atoms with E-state index < -0.39 is 0 Å². The van der Waals surface area contributed by atoms with Crippen molar-refractivity contribution in [3.05, 3.63) is 82.4 Å². The number of ether oxygens (including phenoxy) is 1. The fourth-order valence-electron chi connectivity index (χ4n) is 4.31. The van der Waals surface area contributed by atoms with Gasteiger partial charge < -0.3 is 9.84 Å². The third-order valence-corrected chi connectivity index (χ3v) is 7.37. The maximum Gasteiger partial charge on any atom is 0.153 e. The van der Waals surface area contributed by atoms with Gasteiger partial charge in [-0.05, 0) is 65.5 Å². The number of benzene rings is 3. The van der Waals surface area contributed by atoms with Crippen LogP contribution >= 0.6 is 0 Å². The van der Waals surface area contributed by atoms with Crippen molar-refractivity contribution in [3.8, 4) is 17.2 Å². The van der Waals surface area contributed by atoms with Gasteiger partial charge in [0.2, 0.25) is 0 Å². The zero-order valence-corrected chi connectivity index (χ0v) is 22.9. The minimum Gasteiger partial charge on any atom is -0.507 e. The molecule has 0 fully saturated rings. The zero-order chi connectivity index (χ0) is 26.0. The smallest absolute Gasteiger partial charge is 0.153 e. The number of phenolic OH excluding ortho intramolecular Hbond substituents is 1. The molecule has 1 N–H and O–H groups in total. The average molecular weight is 472 g/mol. The molecule has 3 rings (SSSR count). The minimum absolute atomic E-state index is 0.0556. The molecule has 35 heavy (non-hydrogen) atoms. The summed E-state index contributed by atoms with van der Waals surface area (Å²) in [5.74, 6) is 2.26. The first-order valence-corrected chi connectivity index (χ1v) is 12.6. The Balaban J connectivity index is 2.09. The summed E-state index contributed by atoms with van der Waals surface area (Å²) < 4.78 is 6.32. The van der Waals surface area contributed by atoms with E-state index in [0.29, 0.717) is 17.4 Å². The first-order valence-electron chi connectivity index (χ1n) is 12.6. The third kappa shape index (κ3) is 5.78. The van der Waals surface area contributed by atoms with Gasteiger partial charge in [-0.3, -0.25) is 4.99 Å². The van der Waals surface area contributed by atoms with E-state index in [1.807, 2.05) is 56.3 Å². The highest BCUT2D eigenvalue weighted by atomic mass is 16.5. The molecule has 0 bridgehead atoms. The minimum atomic E-state index is -0.175. The molecule has 3 nitrogen and oxygen atoms in total. The predicted molar refractivity (Wildman–Crippen MR) is 149 cm³/mol. The Bertz CT molecular complexity index is 1190. The van der Waals surface area contributed by atoms with Crippen LogP contribution in [0.25, 0.3) is 0 Å². The lowest BCUT2D eigenvalue weighted by molar-refractivity contribution is 0.320. The van der Waals surface area contributed by atoms with Crippen LogP contribution in [0.3, 0.4) is 0 Å². The number of aliphatic imine (C=N–C) groups is 1. The van der Waals surface area contributed by atoms with Crippen LogP contribution in [-0.4, -0.2) is 11.3 Å². The summed E-state index contributed by atoms with van der Waals surface area (Å²) >= 11 is 0.